The van der Waals surface area contributed by atoms with Crippen molar-refractivity contribution in [2.45, 2.75) is 12.8 Å². The lowest BCUT2D eigenvalue weighted by molar-refractivity contribution is 1.22. The second-order valence-electron chi connectivity index (χ2n) is 11.7. The van der Waals surface area contributed by atoms with E-state index in [4.69, 9.17) is 0 Å². The van der Waals surface area contributed by atoms with Crippen molar-refractivity contribution in [2.75, 3.05) is 0 Å². The van der Waals surface area contributed by atoms with Gasteiger partial charge in [0, 0.05) is 28.0 Å². The van der Waals surface area contributed by atoms with Gasteiger partial charge in [0.25, 0.3) is 0 Å². The van der Waals surface area contributed by atoms with Crippen LogP contribution in [0.3, 0.4) is 0 Å². The average molecular weight is 507 g/mol. The minimum Gasteiger partial charge on any atom is -0.305 e. The molecule has 0 aliphatic heterocycles. The summed E-state index contributed by atoms with van der Waals surface area (Å²) in [6.45, 7) is 0. The highest BCUT2D eigenvalue weighted by molar-refractivity contribution is 6.23. The Morgan fingerprint density at radius 1 is 0.375 bits per heavy atom. The number of hydrogen-bond acceptors (Lipinski definition) is 0. The Morgan fingerprint density at radius 3 is 1.85 bits per heavy atom. The van der Waals surface area contributed by atoms with Gasteiger partial charge >= 0.3 is 0 Å². The van der Waals surface area contributed by atoms with Crippen molar-refractivity contribution >= 4 is 54.6 Å². The van der Waals surface area contributed by atoms with E-state index in [0.717, 1.165) is 12.8 Å². The first-order valence-electron chi connectivity index (χ1n) is 14.2. The van der Waals surface area contributed by atoms with Gasteiger partial charge < -0.3 is 8.80 Å². The van der Waals surface area contributed by atoms with Crippen molar-refractivity contribution in [1.82, 2.24) is 8.80 Å². The Morgan fingerprint density at radius 2 is 1.02 bits per heavy atom. The molecule has 3 aromatic heterocycles. The number of para-hydroxylation sites is 2. The Kier molecular flexibility index (Phi) is 3.26. The highest BCUT2D eigenvalue weighted by atomic mass is 15.0. The maximum atomic E-state index is 2.59. The molecule has 0 atom stereocenters. The molecule has 3 heterocycles. The number of nitrogens with zero attached hydrogens (tertiary/aromatic N) is 2. The van der Waals surface area contributed by atoms with Gasteiger partial charge in [-0.1, -0.05) is 84.9 Å². The van der Waals surface area contributed by atoms with Crippen molar-refractivity contribution in [3.63, 3.8) is 0 Å². The summed E-state index contributed by atoms with van der Waals surface area (Å²) in [6, 6.07) is 41.3. The summed E-state index contributed by atoms with van der Waals surface area (Å²) >= 11 is 0. The van der Waals surface area contributed by atoms with Crippen LogP contribution in [0.25, 0.3) is 76.9 Å². The molecule has 0 radical (unpaired) electrons. The molecule has 2 heteroatoms. The van der Waals surface area contributed by atoms with Crippen LogP contribution in [0.2, 0.25) is 0 Å². The van der Waals surface area contributed by atoms with Gasteiger partial charge in [0.2, 0.25) is 0 Å². The molecule has 2 aliphatic carbocycles. The third-order valence-corrected chi connectivity index (χ3v) is 9.87. The van der Waals surface area contributed by atoms with E-state index in [0.29, 0.717) is 0 Å². The Hall–Kier alpha value is -5.08. The highest BCUT2D eigenvalue weighted by Crippen LogP contribution is 2.47. The van der Waals surface area contributed by atoms with Gasteiger partial charge in [-0.05, 0) is 75.2 Å². The van der Waals surface area contributed by atoms with E-state index in [1.54, 1.807) is 0 Å². The largest absolute Gasteiger partial charge is 0.305 e. The number of aromatic nitrogens is 2. The normalized spacial score (nSPS) is 13.8. The minimum absolute atomic E-state index is 0.986. The maximum Gasteiger partial charge on any atom is 0.0783 e. The van der Waals surface area contributed by atoms with Crippen LogP contribution < -0.4 is 0 Å². The Bertz CT molecular complexity index is 2590. The first kappa shape index (κ1) is 19.9. The predicted molar refractivity (Wildman–Crippen MR) is 166 cm³/mol. The van der Waals surface area contributed by atoms with Gasteiger partial charge in [0.1, 0.15) is 0 Å². The van der Waals surface area contributed by atoms with Crippen LogP contribution in [-0.4, -0.2) is 8.80 Å². The van der Waals surface area contributed by atoms with Crippen molar-refractivity contribution < 1.29 is 0 Å². The molecule has 9 aromatic rings. The molecule has 0 fully saturated rings. The van der Waals surface area contributed by atoms with Crippen LogP contribution in [0.4, 0.5) is 0 Å². The summed E-state index contributed by atoms with van der Waals surface area (Å²) in [5.41, 5.74) is 19.2. The molecule has 184 valence electrons. The monoisotopic (exact) mass is 506 g/mol. The third kappa shape index (κ3) is 2.12. The van der Waals surface area contributed by atoms with Crippen molar-refractivity contribution in [3.8, 4) is 22.3 Å². The van der Waals surface area contributed by atoms with Crippen LogP contribution in [0.5, 0.6) is 0 Å². The summed E-state index contributed by atoms with van der Waals surface area (Å²) in [5, 5.41) is 5.38. The van der Waals surface area contributed by atoms with E-state index < -0.39 is 0 Å². The lowest BCUT2D eigenvalue weighted by atomic mass is 10.0. The van der Waals surface area contributed by atoms with Crippen LogP contribution in [0.1, 0.15) is 22.3 Å². The summed E-state index contributed by atoms with van der Waals surface area (Å²) < 4.78 is 5.15. The number of rotatable bonds is 0. The first-order chi connectivity index (χ1) is 19.8. The number of fused-ring (bicyclic) bond motifs is 15. The zero-order valence-corrected chi connectivity index (χ0v) is 21.7. The van der Waals surface area contributed by atoms with E-state index in [1.807, 2.05) is 0 Å². The van der Waals surface area contributed by atoms with Gasteiger partial charge in [-0.25, -0.2) is 0 Å². The summed E-state index contributed by atoms with van der Waals surface area (Å²) in [6.07, 6.45) is 2.00. The molecule has 40 heavy (non-hydrogen) atoms. The minimum atomic E-state index is 0.986. The second kappa shape index (κ2) is 6.55. The standard InChI is InChI=1S/C38H22N2/c1-4-10-25-21(7-1)17-23-19-31-28-12-6-14-34-37(28)39(35(31)20-30(23)25)33-13-5-11-27-29-16-15-26-24-9-3-2-8-22(24)18-32(26)36(29)40(34)38(27)33/h1-16,19-20H,17-18H2. The molecular formula is C38H22N2. The summed E-state index contributed by atoms with van der Waals surface area (Å²) in [5.74, 6) is 0. The van der Waals surface area contributed by atoms with E-state index in [-0.39, 0.29) is 0 Å². The van der Waals surface area contributed by atoms with Crippen LogP contribution in [0, 0.1) is 0 Å². The fourth-order valence-corrected chi connectivity index (χ4v) is 8.29. The molecule has 0 N–H and O–H groups in total. The topological polar surface area (TPSA) is 8.82 Å². The first-order valence-corrected chi connectivity index (χ1v) is 14.2. The smallest absolute Gasteiger partial charge is 0.0783 e. The van der Waals surface area contributed by atoms with Gasteiger partial charge in [-0.2, -0.15) is 0 Å². The summed E-state index contributed by atoms with van der Waals surface area (Å²) in [4.78, 5) is 0. The molecular weight excluding hydrogens is 484 g/mol. The van der Waals surface area contributed by atoms with E-state index in [9.17, 15) is 0 Å². The van der Waals surface area contributed by atoms with Crippen molar-refractivity contribution in [1.29, 1.82) is 0 Å². The van der Waals surface area contributed by atoms with Crippen molar-refractivity contribution in [3.05, 3.63) is 131 Å². The molecule has 2 nitrogen and oxygen atoms in total. The van der Waals surface area contributed by atoms with Gasteiger partial charge in [0.05, 0.1) is 33.1 Å². The van der Waals surface area contributed by atoms with Gasteiger partial charge in [-0.15, -0.1) is 0 Å². The molecule has 0 saturated heterocycles. The molecule has 0 spiro atoms. The quantitative estimate of drug-likeness (QED) is 0.181. The van der Waals surface area contributed by atoms with Crippen LogP contribution >= 0.6 is 0 Å². The summed E-state index contributed by atoms with van der Waals surface area (Å²) in [7, 11) is 0. The van der Waals surface area contributed by atoms with Gasteiger partial charge in [0.15, 0.2) is 0 Å². The Balaban J connectivity index is 1.38. The van der Waals surface area contributed by atoms with Crippen LogP contribution in [-0.2, 0) is 12.8 Å². The number of hydrogen-bond donors (Lipinski definition) is 0. The van der Waals surface area contributed by atoms with E-state index in [1.165, 1.54) is 99.2 Å². The lowest BCUT2D eigenvalue weighted by Crippen LogP contribution is -1.98. The SMILES string of the molecule is c1ccc2c(c1)Cc1cc3c4cccc5c4n(c3cc1-2)c1cccc2c3ccc4c(c3n5c21)Cc1ccccc1-4. The zero-order valence-electron chi connectivity index (χ0n) is 21.7. The zero-order chi connectivity index (χ0) is 25.7. The third-order valence-electron chi connectivity index (χ3n) is 9.87. The molecule has 2 aliphatic rings. The second-order valence-corrected chi connectivity index (χ2v) is 11.7. The average Bonchev–Trinajstić information content (AvgIpc) is 3.73. The molecule has 0 saturated carbocycles. The molecule has 0 unspecified atom stereocenters. The van der Waals surface area contributed by atoms with E-state index in [2.05, 4.69) is 118 Å². The van der Waals surface area contributed by atoms with Gasteiger partial charge in [-0.3, -0.25) is 0 Å². The van der Waals surface area contributed by atoms with Crippen LogP contribution in [0.15, 0.2) is 109 Å². The molecule has 11 rings (SSSR count). The molecule has 6 aromatic carbocycles. The highest BCUT2D eigenvalue weighted by Gasteiger charge is 2.27. The predicted octanol–water partition coefficient (Wildman–Crippen LogP) is 9.38. The number of benzene rings is 6. The lowest BCUT2D eigenvalue weighted by Gasteiger charge is -2.12. The fraction of sp³-hybridized carbons (Fsp3) is 0.0526. The maximum absolute atomic E-state index is 2.59. The molecule has 0 amide bonds. The molecule has 0 bridgehead atoms. The Labute approximate surface area is 229 Å². The fourth-order valence-electron chi connectivity index (χ4n) is 8.29. The van der Waals surface area contributed by atoms with Crippen molar-refractivity contribution in [2.24, 2.45) is 0 Å². The van der Waals surface area contributed by atoms with E-state index >= 15 is 0 Å².